The van der Waals surface area contributed by atoms with E-state index in [1.54, 1.807) is 17.5 Å². The molecule has 2 heterocycles. The Hall–Kier alpha value is -2.47. The van der Waals surface area contributed by atoms with Crippen LogP contribution in [0.5, 0.6) is 0 Å². The highest BCUT2D eigenvalue weighted by Crippen LogP contribution is 2.24. The van der Waals surface area contributed by atoms with Crippen molar-refractivity contribution < 1.29 is 4.79 Å². The molecule has 0 bridgehead atoms. The predicted octanol–water partition coefficient (Wildman–Crippen LogP) is 3.02. The maximum atomic E-state index is 12.5. The Morgan fingerprint density at radius 1 is 1.33 bits per heavy atom. The summed E-state index contributed by atoms with van der Waals surface area (Å²) >= 11 is 1.55. The Morgan fingerprint density at radius 2 is 2.12 bits per heavy atom. The molecule has 24 heavy (non-hydrogen) atoms. The topological polar surface area (TPSA) is 59.8 Å². The minimum atomic E-state index is -0.200. The van der Waals surface area contributed by atoms with Gasteiger partial charge in [0.2, 0.25) is 5.91 Å². The van der Waals surface area contributed by atoms with Crippen LogP contribution in [-0.4, -0.2) is 20.7 Å². The standard InChI is InChI=1S/C18H20N4OS/c1-13-15(12-20-22(13)2)8-9-16(23)21-17(18-19-10-11-24-18)14-6-4-3-5-7-14/h3-7,10-12,17H,8-9H2,1-2H3,(H,21,23)/t17-/m1/s1. The van der Waals surface area contributed by atoms with E-state index in [4.69, 9.17) is 0 Å². The molecular formula is C18H20N4OS. The Balaban J connectivity index is 1.69. The van der Waals surface area contributed by atoms with Crippen LogP contribution in [0.2, 0.25) is 0 Å². The Morgan fingerprint density at radius 3 is 2.75 bits per heavy atom. The third-order valence-corrected chi connectivity index (χ3v) is 4.94. The summed E-state index contributed by atoms with van der Waals surface area (Å²) in [5.41, 5.74) is 3.25. The van der Waals surface area contributed by atoms with Crippen molar-refractivity contribution in [3.8, 4) is 0 Å². The van der Waals surface area contributed by atoms with Crippen LogP contribution in [0.1, 0.15) is 34.3 Å². The first-order valence-electron chi connectivity index (χ1n) is 7.86. The zero-order valence-electron chi connectivity index (χ0n) is 13.8. The molecule has 0 unspecified atom stereocenters. The lowest BCUT2D eigenvalue weighted by Crippen LogP contribution is -2.29. The molecule has 1 amide bonds. The number of hydrogen-bond donors (Lipinski definition) is 1. The summed E-state index contributed by atoms with van der Waals surface area (Å²) in [4.78, 5) is 16.8. The lowest BCUT2D eigenvalue weighted by molar-refractivity contribution is -0.121. The molecule has 0 spiro atoms. The first kappa shape index (κ1) is 16.4. The molecule has 6 heteroatoms. The van der Waals surface area contributed by atoms with Crippen molar-refractivity contribution in [2.24, 2.45) is 7.05 Å². The Labute approximate surface area is 145 Å². The summed E-state index contributed by atoms with van der Waals surface area (Å²) < 4.78 is 1.83. The summed E-state index contributed by atoms with van der Waals surface area (Å²) in [6, 6.07) is 9.74. The highest BCUT2D eigenvalue weighted by molar-refractivity contribution is 7.09. The second kappa shape index (κ2) is 7.40. The van der Waals surface area contributed by atoms with E-state index in [0.717, 1.165) is 21.8 Å². The second-order valence-electron chi connectivity index (χ2n) is 5.66. The number of amides is 1. The summed E-state index contributed by atoms with van der Waals surface area (Å²) in [5, 5.41) is 10.2. The van der Waals surface area contributed by atoms with Gasteiger partial charge in [0.25, 0.3) is 0 Å². The molecule has 124 valence electrons. The SMILES string of the molecule is Cc1c(CCC(=O)N[C@H](c2ccccc2)c2nccs2)cnn1C. The molecular weight excluding hydrogens is 320 g/mol. The van der Waals surface area contributed by atoms with Crippen molar-refractivity contribution in [1.29, 1.82) is 0 Å². The highest BCUT2D eigenvalue weighted by Gasteiger charge is 2.19. The van der Waals surface area contributed by atoms with Crippen molar-refractivity contribution in [1.82, 2.24) is 20.1 Å². The van der Waals surface area contributed by atoms with Gasteiger partial charge in [-0.2, -0.15) is 5.10 Å². The van der Waals surface area contributed by atoms with Crippen LogP contribution < -0.4 is 5.32 Å². The number of thiazole rings is 1. The summed E-state index contributed by atoms with van der Waals surface area (Å²) in [6.45, 7) is 2.02. The second-order valence-corrected chi connectivity index (χ2v) is 6.59. The summed E-state index contributed by atoms with van der Waals surface area (Å²) in [5.74, 6) is 0.0160. The van der Waals surface area contributed by atoms with E-state index in [2.05, 4.69) is 15.4 Å². The third-order valence-electron chi connectivity index (χ3n) is 4.09. The van der Waals surface area contributed by atoms with E-state index in [0.29, 0.717) is 12.8 Å². The lowest BCUT2D eigenvalue weighted by Gasteiger charge is -2.17. The van der Waals surface area contributed by atoms with Crippen molar-refractivity contribution >= 4 is 17.2 Å². The largest absolute Gasteiger partial charge is 0.343 e. The van der Waals surface area contributed by atoms with Gasteiger partial charge in [-0.1, -0.05) is 30.3 Å². The quantitative estimate of drug-likeness (QED) is 0.750. The molecule has 1 atom stereocenters. The van der Waals surface area contributed by atoms with Gasteiger partial charge in [0.05, 0.1) is 6.20 Å². The lowest BCUT2D eigenvalue weighted by atomic mass is 10.1. The van der Waals surface area contributed by atoms with Gasteiger partial charge in [-0.25, -0.2) is 4.98 Å². The van der Waals surface area contributed by atoms with Gasteiger partial charge >= 0.3 is 0 Å². The zero-order valence-corrected chi connectivity index (χ0v) is 14.6. The molecule has 0 fully saturated rings. The number of aromatic nitrogens is 3. The van der Waals surface area contributed by atoms with Crippen LogP contribution in [0.3, 0.4) is 0 Å². The summed E-state index contributed by atoms with van der Waals surface area (Å²) in [7, 11) is 1.91. The van der Waals surface area contributed by atoms with Crippen LogP contribution >= 0.6 is 11.3 Å². The fraction of sp³-hybridized carbons (Fsp3) is 0.278. The van der Waals surface area contributed by atoms with E-state index >= 15 is 0 Å². The number of aryl methyl sites for hydroxylation is 2. The molecule has 0 aliphatic carbocycles. The van der Waals surface area contributed by atoms with Crippen molar-refractivity contribution in [2.45, 2.75) is 25.8 Å². The molecule has 0 saturated heterocycles. The van der Waals surface area contributed by atoms with Gasteiger partial charge in [0.15, 0.2) is 0 Å². The number of carbonyl (C=O) groups is 1. The van der Waals surface area contributed by atoms with Crippen LogP contribution in [0.15, 0.2) is 48.1 Å². The number of nitrogens with one attached hydrogen (secondary N) is 1. The van der Waals surface area contributed by atoms with Gasteiger partial charge in [-0.3, -0.25) is 9.48 Å². The van der Waals surface area contributed by atoms with Gasteiger partial charge in [-0.05, 0) is 24.5 Å². The normalized spacial score (nSPS) is 12.1. The molecule has 1 aromatic carbocycles. The van der Waals surface area contributed by atoms with E-state index in [9.17, 15) is 4.79 Å². The zero-order chi connectivity index (χ0) is 16.9. The molecule has 3 aromatic rings. The van der Waals surface area contributed by atoms with Gasteiger partial charge < -0.3 is 5.32 Å². The molecule has 5 nitrogen and oxygen atoms in total. The molecule has 2 aromatic heterocycles. The number of rotatable bonds is 6. The average molecular weight is 340 g/mol. The van der Waals surface area contributed by atoms with Crippen molar-refractivity contribution in [3.63, 3.8) is 0 Å². The van der Waals surface area contributed by atoms with Crippen LogP contribution in [0, 0.1) is 6.92 Å². The fourth-order valence-electron chi connectivity index (χ4n) is 2.58. The van der Waals surface area contributed by atoms with Gasteiger partial charge in [0, 0.05) is 30.7 Å². The number of nitrogens with zero attached hydrogens (tertiary/aromatic N) is 3. The van der Waals surface area contributed by atoms with E-state index < -0.39 is 0 Å². The maximum absolute atomic E-state index is 12.5. The van der Waals surface area contributed by atoms with E-state index in [1.165, 1.54) is 0 Å². The Bertz CT molecular complexity index is 796. The first-order chi connectivity index (χ1) is 11.6. The van der Waals surface area contributed by atoms with Crippen LogP contribution in [-0.2, 0) is 18.3 Å². The van der Waals surface area contributed by atoms with E-state index in [1.807, 2.05) is 60.6 Å². The maximum Gasteiger partial charge on any atom is 0.221 e. The molecule has 3 rings (SSSR count). The average Bonchev–Trinajstić information content (AvgIpc) is 3.23. The first-order valence-corrected chi connectivity index (χ1v) is 8.74. The molecule has 0 aliphatic heterocycles. The van der Waals surface area contributed by atoms with Crippen molar-refractivity contribution in [2.75, 3.05) is 0 Å². The fourth-order valence-corrected chi connectivity index (χ4v) is 3.30. The van der Waals surface area contributed by atoms with Crippen LogP contribution in [0.25, 0.3) is 0 Å². The van der Waals surface area contributed by atoms with Crippen molar-refractivity contribution in [3.05, 3.63) is 69.9 Å². The predicted molar refractivity (Wildman–Crippen MR) is 94.8 cm³/mol. The third kappa shape index (κ3) is 3.71. The van der Waals surface area contributed by atoms with Gasteiger partial charge in [-0.15, -0.1) is 11.3 Å². The summed E-state index contributed by atoms with van der Waals surface area (Å²) in [6.07, 6.45) is 4.71. The highest BCUT2D eigenvalue weighted by atomic mass is 32.1. The smallest absolute Gasteiger partial charge is 0.221 e. The Kier molecular flexibility index (Phi) is 5.05. The van der Waals surface area contributed by atoms with E-state index in [-0.39, 0.29) is 11.9 Å². The molecule has 0 radical (unpaired) electrons. The number of carbonyl (C=O) groups excluding carboxylic acids is 1. The number of benzene rings is 1. The number of hydrogen-bond acceptors (Lipinski definition) is 4. The van der Waals surface area contributed by atoms with Gasteiger partial charge in [0.1, 0.15) is 11.0 Å². The monoisotopic (exact) mass is 340 g/mol. The molecule has 1 N–H and O–H groups in total. The minimum Gasteiger partial charge on any atom is -0.343 e. The van der Waals surface area contributed by atoms with Crippen LogP contribution in [0.4, 0.5) is 0 Å². The molecule has 0 aliphatic rings. The molecule has 0 saturated carbocycles. The minimum absolute atomic E-state index is 0.0160.